The largest absolute Gasteiger partial charge is 0.329 e. The Morgan fingerprint density at radius 3 is 2.47 bits per heavy atom. The van der Waals surface area contributed by atoms with Crippen molar-refractivity contribution in [1.29, 1.82) is 0 Å². The van der Waals surface area contributed by atoms with Gasteiger partial charge in [0.25, 0.3) is 0 Å². The molecule has 2 atom stereocenters. The van der Waals surface area contributed by atoms with Crippen molar-refractivity contribution in [2.75, 3.05) is 19.3 Å². The Labute approximate surface area is 99.0 Å². The van der Waals surface area contributed by atoms with Crippen LogP contribution in [0.4, 0.5) is 0 Å². The Morgan fingerprint density at radius 1 is 1.53 bits per heavy atom. The third-order valence-electron chi connectivity index (χ3n) is 4.45. The van der Waals surface area contributed by atoms with Crippen molar-refractivity contribution < 1.29 is 0 Å². The zero-order valence-corrected chi connectivity index (χ0v) is 11.7. The first-order chi connectivity index (χ1) is 6.90. The maximum atomic E-state index is 6.06. The molecule has 1 saturated heterocycles. The Morgan fingerprint density at radius 2 is 2.13 bits per heavy atom. The first-order valence-electron chi connectivity index (χ1n) is 5.96. The average Bonchev–Trinajstić information content (AvgIpc) is 2.59. The molecule has 1 heterocycles. The fraction of sp³-hybridized carbons (Fsp3) is 1.00. The summed E-state index contributed by atoms with van der Waals surface area (Å²) in [4.78, 5) is 2.53. The average molecular weight is 230 g/mol. The lowest BCUT2D eigenvalue weighted by Gasteiger charge is -2.49. The molecule has 2 unspecified atom stereocenters. The number of nitrogens with two attached hydrogens (primary N) is 1. The molecule has 15 heavy (non-hydrogen) atoms. The summed E-state index contributed by atoms with van der Waals surface area (Å²) in [6.45, 7) is 10.0. The van der Waals surface area contributed by atoms with Crippen LogP contribution in [0.1, 0.15) is 40.5 Å². The van der Waals surface area contributed by atoms with Crippen molar-refractivity contribution in [3.05, 3.63) is 0 Å². The van der Waals surface area contributed by atoms with Crippen molar-refractivity contribution in [3.8, 4) is 0 Å². The molecule has 2 nitrogen and oxygen atoms in total. The molecule has 2 N–H and O–H groups in total. The molecule has 0 aliphatic carbocycles. The van der Waals surface area contributed by atoms with E-state index in [9.17, 15) is 0 Å². The van der Waals surface area contributed by atoms with E-state index in [1.807, 2.05) is 0 Å². The van der Waals surface area contributed by atoms with Crippen molar-refractivity contribution in [3.63, 3.8) is 0 Å². The van der Waals surface area contributed by atoms with Gasteiger partial charge in [-0.15, -0.1) is 0 Å². The van der Waals surface area contributed by atoms with Crippen LogP contribution in [0.3, 0.4) is 0 Å². The number of thioether (sulfide) groups is 1. The molecule has 3 heteroatoms. The minimum atomic E-state index is 0.212. The fourth-order valence-electron chi connectivity index (χ4n) is 2.46. The van der Waals surface area contributed by atoms with E-state index in [1.165, 1.54) is 18.6 Å². The van der Waals surface area contributed by atoms with Crippen molar-refractivity contribution >= 4 is 11.8 Å². The van der Waals surface area contributed by atoms with Gasteiger partial charge in [-0.2, -0.15) is 11.8 Å². The molecule has 0 aromatic rings. The van der Waals surface area contributed by atoms with Crippen molar-refractivity contribution in [2.45, 2.75) is 56.9 Å². The van der Waals surface area contributed by atoms with E-state index in [4.69, 9.17) is 5.73 Å². The van der Waals surface area contributed by atoms with Gasteiger partial charge in [-0.25, -0.2) is 0 Å². The zero-order chi connectivity index (χ0) is 11.7. The molecule has 0 spiro atoms. The number of nitrogens with zero attached hydrogens (tertiary/aromatic N) is 1. The lowest BCUT2D eigenvalue weighted by Crippen LogP contribution is -2.62. The van der Waals surface area contributed by atoms with E-state index in [0.717, 1.165) is 6.54 Å². The summed E-state index contributed by atoms with van der Waals surface area (Å²) >= 11 is 2.06. The number of rotatable bonds is 4. The first-order valence-corrected chi connectivity index (χ1v) is 7.01. The monoisotopic (exact) mass is 230 g/mol. The minimum Gasteiger partial charge on any atom is -0.329 e. The lowest BCUT2D eigenvalue weighted by molar-refractivity contribution is 0.0267. The predicted molar refractivity (Wildman–Crippen MR) is 70.5 cm³/mol. The van der Waals surface area contributed by atoms with E-state index < -0.39 is 0 Å². The molecule has 90 valence electrons. The van der Waals surface area contributed by atoms with Gasteiger partial charge >= 0.3 is 0 Å². The van der Waals surface area contributed by atoms with Gasteiger partial charge in [0.05, 0.1) is 0 Å². The Kier molecular flexibility index (Phi) is 4.13. The van der Waals surface area contributed by atoms with E-state index in [2.05, 4.69) is 51.4 Å². The van der Waals surface area contributed by atoms with E-state index in [-0.39, 0.29) is 11.1 Å². The maximum Gasteiger partial charge on any atom is 0.0457 e. The molecule has 0 bridgehead atoms. The Bertz CT molecular complexity index is 218. The highest BCUT2D eigenvalue weighted by molar-refractivity contribution is 8.00. The van der Waals surface area contributed by atoms with E-state index in [1.54, 1.807) is 0 Å². The van der Waals surface area contributed by atoms with E-state index >= 15 is 0 Å². The van der Waals surface area contributed by atoms with Crippen molar-refractivity contribution in [2.24, 2.45) is 5.73 Å². The molecular weight excluding hydrogens is 204 g/mol. The van der Waals surface area contributed by atoms with Gasteiger partial charge in [-0.3, -0.25) is 4.90 Å². The van der Waals surface area contributed by atoms with Crippen molar-refractivity contribution in [1.82, 2.24) is 4.90 Å². The first kappa shape index (κ1) is 13.3. The van der Waals surface area contributed by atoms with E-state index in [0.29, 0.717) is 5.25 Å². The Balaban J connectivity index is 2.91. The number of hydrogen-bond donors (Lipinski definition) is 1. The van der Waals surface area contributed by atoms with Crippen LogP contribution in [0.5, 0.6) is 0 Å². The topological polar surface area (TPSA) is 29.3 Å². The second-order valence-electron chi connectivity index (χ2n) is 5.30. The highest BCUT2D eigenvalue weighted by Crippen LogP contribution is 2.42. The van der Waals surface area contributed by atoms with Crippen LogP contribution in [0.2, 0.25) is 0 Å². The predicted octanol–water partition coefficient (Wildman–Crippen LogP) is 2.33. The van der Waals surface area contributed by atoms with Crippen LogP contribution >= 0.6 is 11.8 Å². The second kappa shape index (κ2) is 4.64. The molecule has 1 aliphatic heterocycles. The van der Waals surface area contributed by atoms with Gasteiger partial charge in [-0.05, 0) is 39.5 Å². The van der Waals surface area contributed by atoms with Crippen LogP contribution in [0.15, 0.2) is 0 Å². The fourth-order valence-corrected chi connectivity index (χ4v) is 3.96. The SMILES string of the molecule is CCC(C)(C)N(C)C1(CN)CCSC1C. The minimum absolute atomic E-state index is 0.212. The highest BCUT2D eigenvalue weighted by atomic mass is 32.2. The molecular formula is C12H26N2S. The zero-order valence-electron chi connectivity index (χ0n) is 10.8. The van der Waals surface area contributed by atoms with Crippen LogP contribution < -0.4 is 5.73 Å². The molecule has 0 amide bonds. The van der Waals surface area contributed by atoms with Crippen LogP contribution in [-0.4, -0.2) is 40.6 Å². The smallest absolute Gasteiger partial charge is 0.0457 e. The summed E-state index contributed by atoms with van der Waals surface area (Å²) in [5.74, 6) is 1.25. The molecule has 0 aromatic heterocycles. The maximum absolute atomic E-state index is 6.06. The summed E-state index contributed by atoms with van der Waals surface area (Å²) in [6, 6.07) is 0. The van der Waals surface area contributed by atoms with Gasteiger partial charge in [0.15, 0.2) is 0 Å². The van der Waals surface area contributed by atoms with Gasteiger partial charge in [0, 0.05) is 22.9 Å². The van der Waals surface area contributed by atoms with Gasteiger partial charge in [-0.1, -0.05) is 13.8 Å². The Hall–Kier alpha value is 0.270. The molecule has 1 aliphatic rings. The third-order valence-corrected chi connectivity index (χ3v) is 5.83. The molecule has 0 radical (unpaired) electrons. The quantitative estimate of drug-likeness (QED) is 0.804. The summed E-state index contributed by atoms with van der Waals surface area (Å²) in [5.41, 5.74) is 6.52. The lowest BCUT2D eigenvalue weighted by atomic mass is 9.85. The second-order valence-corrected chi connectivity index (χ2v) is 6.74. The van der Waals surface area contributed by atoms with Gasteiger partial charge in [0.2, 0.25) is 0 Å². The van der Waals surface area contributed by atoms with Crippen LogP contribution in [0.25, 0.3) is 0 Å². The third kappa shape index (κ3) is 2.20. The summed E-state index contributed by atoms with van der Waals surface area (Å²) in [5, 5.41) is 0.651. The summed E-state index contributed by atoms with van der Waals surface area (Å²) < 4.78 is 0. The summed E-state index contributed by atoms with van der Waals surface area (Å²) in [7, 11) is 2.25. The normalized spacial score (nSPS) is 32.6. The molecule has 0 saturated carbocycles. The van der Waals surface area contributed by atoms with Gasteiger partial charge < -0.3 is 5.73 Å². The summed E-state index contributed by atoms with van der Waals surface area (Å²) in [6.07, 6.45) is 2.40. The molecule has 1 fully saturated rings. The van der Waals surface area contributed by atoms with Crippen LogP contribution in [0, 0.1) is 0 Å². The highest BCUT2D eigenvalue weighted by Gasteiger charge is 2.47. The molecule has 0 aromatic carbocycles. The number of hydrogen-bond acceptors (Lipinski definition) is 3. The molecule has 1 rings (SSSR count). The van der Waals surface area contributed by atoms with Crippen LogP contribution in [-0.2, 0) is 0 Å². The number of likely N-dealkylation sites (N-methyl/N-ethyl adjacent to an activating group) is 1. The standard InChI is InChI=1S/C12H26N2S/c1-6-11(3,4)14(5)12(9-13)7-8-15-10(12)2/h10H,6-9,13H2,1-5H3. The van der Waals surface area contributed by atoms with Gasteiger partial charge in [0.1, 0.15) is 0 Å².